The van der Waals surface area contributed by atoms with Crippen LogP contribution >= 0.6 is 0 Å². The summed E-state index contributed by atoms with van der Waals surface area (Å²) in [5, 5.41) is 0. The van der Waals surface area contributed by atoms with Crippen LogP contribution in [0.4, 0.5) is 0 Å². The minimum Gasteiger partial charge on any atom is -0.458 e. The van der Waals surface area contributed by atoms with E-state index in [1.165, 1.54) is 12.8 Å². The Morgan fingerprint density at radius 3 is 1.44 bits per heavy atom. The lowest BCUT2D eigenvalue weighted by atomic mass is 9.88. The van der Waals surface area contributed by atoms with Crippen LogP contribution in [0.25, 0.3) is 0 Å². The van der Waals surface area contributed by atoms with E-state index in [2.05, 4.69) is 9.97 Å². The summed E-state index contributed by atoms with van der Waals surface area (Å²) in [7, 11) is 0. The molecule has 0 N–H and O–H groups in total. The SMILES string of the molecule is C/C1=C\[C@H](C)C[C@H](C)[C@@H](Cc2cnco2)OC(=O)/C(C)=C/[C@H](C)C[C@H](C)[C@H](Cc2cnco2)OC1=O. The molecular weight excluding hydrogens is 460 g/mol. The van der Waals surface area contributed by atoms with Crippen molar-refractivity contribution in [2.45, 2.75) is 79.4 Å². The number of ether oxygens (including phenoxy) is 2. The molecule has 2 aromatic heterocycles. The number of carbonyl (C=O) groups excluding carboxylic acids is 2. The first-order valence-corrected chi connectivity index (χ1v) is 12.7. The third-order valence-corrected chi connectivity index (χ3v) is 6.76. The first-order chi connectivity index (χ1) is 17.1. The molecule has 1 aliphatic rings. The van der Waals surface area contributed by atoms with E-state index in [9.17, 15) is 9.59 Å². The average Bonchev–Trinajstić information content (AvgIpc) is 3.51. The van der Waals surface area contributed by atoms with Crippen molar-refractivity contribution in [3.8, 4) is 0 Å². The smallest absolute Gasteiger partial charge is 0.333 e. The third-order valence-electron chi connectivity index (χ3n) is 6.76. The molecule has 0 saturated heterocycles. The number of oxazole rings is 2. The van der Waals surface area contributed by atoms with Gasteiger partial charge in [-0.2, -0.15) is 0 Å². The summed E-state index contributed by atoms with van der Waals surface area (Å²) in [5.74, 6) is 0.843. The number of nitrogens with zero attached hydrogens (tertiary/aromatic N) is 2. The van der Waals surface area contributed by atoms with E-state index >= 15 is 0 Å². The molecule has 3 heterocycles. The molecule has 0 aromatic carbocycles. The number of cyclic esters (lactones) is 2. The van der Waals surface area contributed by atoms with Crippen LogP contribution in [0.3, 0.4) is 0 Å². The van der Waals surface area contributed by atoms with Crippen LogP contribution in [-0.2, 0) is 31.9 Å². The van der Waals surface area contributed by atoms with Crippen LogP contribution in [0.15, 0.2) is 57.3 Å². The van der Waals surface area contributed by atoms with Crippen LogP contribution < -0.4 is 0 Å². The zero-order valence-electron chi connectivity index (χ0n) is 22.1. The molecule has 0 unspecified atom stereocenters. The minimum absolute atomic E-state index is 0.0199. The second-order valence-corrected chi connectivity index (χ2v) is 10.3. The fraction of sp³-hybridized carbons (Fsp3) is 0.571. The molecule has 8 heteroatoms. The lowest BCUT2D eigenvalue weighted by Crippen LogP contribution is -2.30. The van der Waals surface area contributed by atoms with Crippen LogP contribution in [0.1, 0.15) is 65.9 Å². The van der Waals surface area contributed by atoms with E-state index in [1.54, 1.807) is 26.2 Å². The second-order valence-electron chi connectivity index (χ2n) is 10.3. The number of esters is 2. The number of hydrogen-bond donors (Lipinski definition) is 0. The van der Waals surface area contributed by atoms with Crippen molar-refractivity contribution in [2.24, 2.45) is 23.7 Å². The molecule has 3 rings (SSSR count). The van der Waals surface area contributed by atoms with Gasteiger partial charge in [-0.15, -0.1) is 0 Å². The van der Waals surface area contributed by atoms with Gasteiger partial charge in [0.15, 0.2) is 12.8 Å². The van der Waals surface area contributed by atoms with E-state index < -0.39 is 0 Å². The quantitative estimate of drug-likeness (QED) is 0.509. The third kappa shape index (κ3) is 7.93. The summed E-state index contributed by atoms with van der Waals surface area (Å²) >= 11 is 0. The van der Waals surface area contributed by atoms with Gasteiger partial charge < -0.3 is 18.3 Å². The van der Waals surface area contributed by atoms with Gasteiger partial charge in [0.2, 0.25) is 0 Å². The van der Waals surface area contributed by atoms with Crippen molar-refractivity contribution in [2.75, 3.05) is 0 Å². The van der Waals surface area contributed by atoms with E-state index in [1.807, 2.05) is 39.8 Å². The molecule has 36 heavy (non-hydrogen) atoms. The molecule has 196 valence electrons. The fourth-order valence-corrected chi connectivity index (χ4v) is 4.86. The highest BCUT2D eigenvalue weighted by Gasteiger charge is 2.28. The monoisotopic (exact) mass is 498 g/mol. The largest absolute Gasteiger partial charge is 0.458 e. The summed E-state index contributed by atoms with van der Waals surface area (Å²) < 4.78 is 22.8. The zero-order chi connectivity index (χ0) is 26.2. The van der Waals surface area contributed by atoms with Crippen molar-refractivity contribution >= 4 is 11.9 Å². The normalized spacial score (nSPS) is 32.1. The van der Waals surface area contributed by atoms with Crippen LogP contribution in [-0.4, -0.2) is 34.1 Å². The molecule has 0 bridgehead atoms. The zero-order valence-corrected chi connectivity index (χ0v) is 22.1. The Morgan fingerprint density at radius 1 is 0.722 bits per heavy atom. The fourth-order valence-electron chi connectivity index (χ4n) is 4.86. The number of carbonyl (C=O) groups is 2. The summed E-state index contributed by atoms with van der Waals surface area (Å²) in [6.45, 7) is 11.8. The van der Waals surface area contributed by atoms with Gasteiger partial charge in [-0.3, -0.25) is 0 Å². The highest BCUT2D eigenvalue weighted by atomic mass is 16.5. The van der Waals surface area contributed by atoms with Crippen molar-refractivity contribution in [3.05, 3.63) is 60.0 Å². The van der Waals surface area contributed by atoms with Crippen LogP contribution in [0, 0.1) is 23.7 Å². The molecule has 0 fully saturated rings. The Balaban J connectivity index is 1.87. The Bertz CT molecular complexity index is 956. The summed E-state index contributed by atoms with van der Waals surface area (Å²) in [5.41, 5.74) is 1.12. The Kier molecular flexibility index (Phi) is 9.67. The molecule has 0 aliphatic carbocycles. The van der Waals surface area contributed by atoms with E-state index in [-0.39, 0.29) is 47.8 Å². The molecule has 0 spiro atoms. The molecular formula is C28H38N2O6. The van der Waals surface area contributed by atoms with Gasteiger partial charge >= 0.3 is 11.9 Å². The van der Waals surface area contributed by atoms with Gasteiger partial charge in [-0.25, -0.2) is 19.6 Å². The second kappa shape index (κ2) is 12.7. The maximum absolute atomic E-state index is 13.0. The standard InChI is InChI=1S/C28H38N2O6/c1-17-7-19(3)25(11-23-13-29-15-33-23)35-28(32)22(6)10-18(2)8-20(4)26(12-24-14-30-16-34-24)36-27(31)21(5)9-17/h9-10,13-20,25-26H,7-8,11-12H2,1-6H3/b21-9+,22-10+/t17-,18-,19+,20+,25-,26+/m1/s1. The lowest BCUT2D eigenvalue weighted by molar-refractivity contribution is -0.147. The first-order valence-electron chi connectivity index (χ1n) is 12.7. The van der Waals surface area contributed by atoms with Gasteiger partial charge in [0, 0.05) is 24.0 Å². The number of allylic oxidation sites excluding steroid dienone is 2. The van der Waals surface area contributed by atoms with Crippen molar-refractivity contribution in [1.82, 2.24) is 9.97 Å². The van der Waals surface area contributed by atoms with Gasteiger partial charge in [0.05, 0.1) is 12.4 Å². The highest BCUT2D eigenvalue weighted by Crippen LogP contribution is 2.27. The minimum atomic E-state index is -0.384. The Hall–Kier alpha value is -3.16. The molecule has 1 aliphatic heterocycles. The van der Waals surface area contributed by atoms with E-state index in [4.69, 9.17) is 18.3 Å². The number of hydrogen-bond acceptors (Lipinski definition) is 8. The summed E-state index contributed by atoms with van der Waals surface area (Å²) in [6.07, 6.45) is 11.4. The summed E-state index contributed by atoms with van der Waals surface area (Å²) in [4.78, 5) is 34.0. The van der Waals surface area contributed by atoms with Crippen LogP contribution in [0.5, 0.6) is 0 Å². The molecule has 0 saturated carbocycles. The maximum Gasteiger partial charge on any atom is 0.333 e. The van der Waals surface area contributed by atoms with Gasteiger partial charge in [-0.1, -0.05) is 39.8 Å². The van der Waals surface area contributed by atoms with Crippen molar-refractivity contribution < 1.29 is 27.9 Å². The molecule has 0 amide bonds. The van der Waals surface area contributed by atoms with Gasteiger partial charge in [0.25, 0.3) is 0 Å². The van der Waals surface area contributed by atoms with E-state index in [0.717, 1.165) is 0 Å². The predicted octanol–water partition coefficient (Wildman–Crippen LogP) is 5.50. The Morgan fingerprint density at radius 2 is 1.11 bits per heavy atom. The van der Waals surface area contributed by atoms with E-state index in [0.29, 0.717) is 48.3 Å². The molecule has 2 aromatic rings. The summed E-state index contributed by atoms with van der Waals surface area (Å²) in [6, 6.07) is 0. The Labute approximate surface area is 213 Å². The van der Waals surface area contributed by atoms with Gasteiger partial charge in [0.1, 0.15) is 23.7 Å². The lowest BCUT2D eigenvalue weighted by Gasteiger charge is -2.27. The predicted molar refractivity (Wildman–Crippen MR) is 134 cm³/mol. The maximum atomic E-state index is 13.0. The number of rotatable bonds is 4. The highest BCUT2D eigenvalue weighted by molar-refractivity contribution is 5.88. The molecule has 6 atom stereocenters. The first kappa shape index (κ1) is 27.4. The van der Waals surface area contributed by atoms with Gasteiger partial charge in [-0.05, 0) is 50.4 Å². The van der Waals surface area contributed by atoms with Crippen LogP contribution in [0.2, 0.25) is 0 Å². The number of aromatic nitrogens is 2. The topological polar surface area (TPSA) is 105 Å². The molecule has 0 radical (unpaired) electrons. The van der Waals surface area contributed by atoms with Crippen molar-refractivity contribution in [1.29, 1.82) is 0 Å². The average molecular weight is 499 g/mol. The van der Waals surface area contributed by atoms with Crippen molar-refractivity contribution in [3.63, 3.8) is 0 Å². The molecule has 8 nitrogen and oxygen atoms in total.